The molecule has 6 heteroatoms. The molecule has 0 spiro atoms. The van der Waals surface area contributed by atoms with E-state index in [0.717, 1.165) is 19.8 Å². The van der Waals surface area contributed by atoms with E-state index in [4.69, 9.17) is 5.11 Å². The minimum Gasteiger partial charge on any atom is -0.394 e. The molecule has 3 N–H and O–H groups in total. The molecule has 1 heterocycles. The van der Waals surface area contributed by atoms with E-state index in [1.54, 1.807) is 6.20 Å². The SMILES string of the molecule is CC[C@@H](CO)NC(=O)c1c[nH]c2cc(Br)c(Br)cc12. The summed E-state index contributed by atoms with van der Waals surface area (Å²) in [7, 11) is 0. The van der Waals surface area contributed by atoms with Crippen LogP contribution >= 0.6 is 31.9 Å². The number of carbonyl (C=O) groups excluding carboxylic acids is 1. The van der Waals surface area contributed by atoms with Gasteiger partial charge in [-0.2, -0.15) is 0 Å². The third-order valence-corrected chi connectivity index (χ3v) is 4.86. The topological polar surface area (TPSA) is 65.1 Å². The van der Waals surface area contributed by atoms with Gasteiger partial charge in [0.05, 0.1) is 18.2 Å². The molecule has 0 saturated carbocycles. The number of aliphatic hydroxyl groups is 1. The van der Waals surface area contributed by atoms with Gasteiger partial charge < -0.3 is 15.4 Å². The number of aromatic nitrogens is 1. The first-order chi connectivity index (χ1) is 9.06. The van der Waals surface area contributed by atoms with Gasteiger partial charge in [0.1, 0.15) is 0 Å². The summed E-state index contributed by atoms with van der Waals surface area (Å²) in [6.07, 6.45) is 2.38. The fourth-order valence-corrected chi connectivity index (χ4v) is 2.53. The van der Waals surface area contributed by atoms with Crippen molar-refractivity contribution in [2.45, 2.75) is 19.4 Å². The third kappa shape index (κ3) is 3.01. The fraction of sp³-hybridized carbons (Fsp3) is 0.308. The molecule has 2 rings (SSSR count). The number of fused-ring (bicyclic) bond motifs is 1. The second-order valence-corrected chi connectivity index (χ2v) is 5.98. The summed E-state index contributed by atoms with van der Waals surface area (Å²) >= 11 is 6.85. The van der Waals surface area contributed by atoms with E-state index < -0.39 is 0 Å². The van der Waals surface area contributed by atoms with Crippen molar-refractivity contribution in [1.82, 2.24) is 10.3 Å². The molecule has 1 amide bonds. The van der Waals surface area contributed by atoms with Crippen LogP contribution in [0.5, 0.6) is 0 Å². The van der Waals surface area contributed by atoms with Crippen molar-refractivity contribution in [2.75, 3.05) is 6.61 Å². The summed E-state index contributed by atoms with van der Waals surface area (Å²) in [5, 5.41) is 12.8. The van der Waals surface area contributed by atoms with Gasteiger partial charge in [-0.15, -0.1) is 0 Å². The molecule has 1 aromatic carbocycles. The Morgan fingerprint density at radius 3 is 2.74 bits per heavy atom. The van der Waals surface area contributed by atoms with Crippen molar-refractivity contribution >= 4 is 48.7 Å². The Kier molecular flexibility index (Phi) is 4.65. The van der Waals surface area contributed by atoms with Crippen LogP contribution in [-0.2, 0) is 0 Å². The van der Waals surface area contributed by atoms with Gasteiger partial charge in [0.25, 0.3) is 5.91 Å². The van der Waals surface area contributed by atoms with Crippen molar-refractivity contribution < 1.29 is 9.90 Å². The number of hydrogen-bond acceptors (Lipinski definition) is 2. The summed E-state index contributed by atoms with van der Waals surface area (Å²) in [5.41, 5.74) is 1.47. The molecule has 0 aliphatic heterocycles. The van der Waals surface area contributed by atoms with Crippen LogP contribution in [0.15, 0.2) is 27.3 Å². The van der Waals surface area contributed by atoms with E-state index in [9.17, 15) is 4.79 Å². The van der Waals surface area contributed by atoms with Crippen LogP contribution in [0.2, 0.25) is 0 Å². The molecule has 0 aliphatic rings. The van der Waals surface area contributed by atoms with Gasteiger partial charge >= 0.3 is 0 Å². The third-order valence-electron chi connectivity index (χ3n) is 3.02. The quantitative estimate of drug-likeness (QED) is 0.751. The van der Waals surface area contributed by atoms with E-state index in [0.29, 0.717) is 12.0 Å². The molecule has 0 bridgehead atoms. The number of carbonyl (C=O) groups is 1. The molecule has 1 atom stereocenters. The first kappa shape index (κ1) is 14.6. The lowest BCUT2D eigenvalue weighted by atomic mass is 10.1. The first-order valence-corrected chi connectivity index (χ1v) is 7.53. The molecule has 0 radical (unpaired) electrons. The molecule has 2 aromatic rings. The smallest absolute Gasteiger partial charge is 0.253 e. The van der Waals surface area contributed by atoms with Crippen LogP contribution in [0.1, 0.15) is 23.7 Å². The summed E-state index contributed by atoms with van der Waals surface area (Å²) in [6.45, 7) is 1.87. The van der Waals surface area contributed by atoms with Gasteiger partial charge in [-0.05, 0) is 50.4 Å². The second-order valence-electron chi connectivity index (χ2n) is 4.28. The number of aromatic amines is 1. The maximum absolute atomic E-state index is 12.2. The highest BCUT2D eigenvalue weighted by molar-refractivity contribution is 9.13. The van der Waals surface area contributed by atoms with E-state index in [-0.39, 0.29) is 18.6 Å². The molecule has 4 nitrogen and oxygen atoms in total. The minimum absolute atomic E-state index is 0.0557. The largest absolute Gasteiger partial charge is 0.394 e. The van der Waals surface area contributed by atoms with Crippen molar-refractivity contribution in [3.63, 3.8) is 0 Å². The predicted octanol–water partition coefficient (Wildman–Crippen LogP) is 3.19. The Morgan fingerprint density at radius 2 is 2.11 bits per heavy atom. The van der Waals surface area contributed by atoms with E-state index in [1.807, 2.05) is 19.1 Å². The van der Waals surface area contributed by atoms with E-state index in [1.165, 1.54) is 0 Å². The lowest BCUT2D eigenvalue weighted by molar-refractivity contribution is 0.0916. The van der Waals surface area contributed by atoms with Crippen LogP contribution in [0.4, 0.5) is 0 Å². The van der Waals surface area contributed by atoms with Crippen molar-refractivity contribution in [1.29, 1.82) is 0 Å². The van der Waals surface area contributed by atoms with Gasteiger partial charge in [0, 0.05) is 26.0 Å². The monoisotopic (exact) mass is 388 g/mol. The van der Waals surface area contributed by atoms with Gasteiger partial charge in [-0.3, -0.25) is 4.79 Å². The zero-order valence-electron chi connectivity index (χ0n) is 10.3. The number of benzene rings is 1. The average Bonchev–Trinajstić information content (AvgIpc) is 2.79. The maximum Gasteiger partial charge on any atom is 0.253 e. The molecule has 0 fully saturated rings. The zero-order valence-corrected chi connectivity index (χ0v) is 13.5. The summed E-state index contributed by atoms with van der Waals surface area (Å²) in [5.74, 6) is -0.179. The predicted molar refractivity (Wildman–Crippen MR) is 82.3 cm³/mol. The van der Waals surface area contributed by atoms with Gasteiger partial charge in [0.15, 0.2) is 0 Å². The normalized spacial score (nSPS) is 12.6. The Hall–Kier alpha value is -0.850. The maximum atomic E-state index is 12.2. The van der Waals surface area contributed by atoms with Crippen LogP contribution in [-0.4, -0.2) is 28.6 Å². The first-order valence-electron chi connectivity index (χ1n) is 5.94. The summed E-state index contributed by atoms with van der Waals surface area (Å²) < 4.78 is 1.82. The Morgan fingerprint density at radius 1 is 1.42 bits per heavy atom. The van der Waals surface area contributed by atoms with Crippen LogP contribution in [0.3, 0.4) is 0 Å². The zero-order chi connectivity index (χ0) is 14.0. The number of rotatable bonds is 4. The van der Waals surface area contributed by atoms with E-state index in [2.05, 4.69) is 42.2 Å². The lowest BCUT2D eigenvalue weighted by Crippen LogP contribution is -2.36. The second kappa shape index (κ2) is 6.07. The molecule has 19 heavy (non-hydrogen) atoms. The Balaban J connectivity index is 2.35. The number of aliphatic hydroxyl groups excluding tert-OH is 1. The number of hydrogen-bond donors (Lipinski definition) is 3. The summed E-state index contributed by atoms with van der Waals surface area (Å²) in [4.78, 5) is 15.2. The molecule has 0 unspecified atom stereocenters. The highest BCUT2D eigenvalue weighted by Gasteiger charge is 2.16. The molecule has 0 aliphatic carbocycles. The molecule has 0 saturated heterocycles. The summed E-state index contributed by atoms with van der Waals surface area (Å²) in [6, 6.07) is 3.60. The number of halogens is 2. The highest BCUT2D eigenvalue weighted by Crippen LogP contribution is 2.30. The van der Waals surface area contributed by atoms with Crippen molar-refractivity contribution in [3.8, 4) is 0 Å². The van der Waals surface area contributed by atoms with Gasteiger partial charge in [-0.1, -0.05) is 6.92 Å². The number of H-pyrrole nitrogens is 1. The average molecular weight is 390 g/mol. The van der Waals surface area contributed by atoms with Crippen LogP contribution in [0, 0.1) is 0 Å². The standard InChI is InChI=1S/C13H14Br2N2O2/c1-2-7(6-18)17-13(19)9-5-16-12-4-11(15)10(14)3-8(9)12/h3-5,7,16,18H,2,6H2,1H3,(H,17,19)/t7-/m0/s1. The molecular formula is C13H14Br2N2O2. The van der Waals surface area contributed by atoms with Gasteiger partial charge in [0.2, 0.25) is 0 Å². The highest BCUT2D eigenvalue weighted by atomic mass is 79.9. The van der Waals surface area contributed by atoms with Crippen molar-refractivity contribution in [3.05, 3.63) is 32.8 Å². The number of amides is 1. The van der Waals surface area contributed by atoms with Crippen molar-refractivity contribution in [2.24, 2.45) is 0 Å². The number of nitrogens with one attached hydrogen (secondary N) is 2. The molecule has 102 valence electrons. The Labute approximate surface area is 127 Å². The van der Waals surface area contributed by atoms with Gasteiger partial charge in [-0.25, -0.2) is 0 Å². The molecular weight excluding hydrogens is 376 g/mol. The molecule has 1 aromatic heterocycles. The minimum atomic E-state index is -0.212. The fourth-order valence-electron chi connectivity index (χ4n) is 1.84. The van der Waals surface area contributed by atoms with Crippen LogP contribution in [0.25, 0.3) is 10.9 Å². The van der Waals surface area contributed by atoms with Crippen LogP contribution < -0.4 is 5.32 Å². The van der Waals surface area contributed by atoms with E-state index >= 15 is 0 Å². The Bertz CT molecular complexity index is 606. The lowest BCUT2D eigenvalue weighted by Gasteiger charge is -2.13.